The number of nitrogens with two attached hydrogens (primary N) is 1. The van der Waals surface area contributed by atoms with Crippen LogP contribution in [-0.2, 0) is 14.3 Å². The second-order valence-corrected chi connectivity index (χ2v) is 13.5. The van der Waals surface area contributed by atoms with Gasteiger partial charge in [0.2, 0.25) is 0 Å². The third-order valence-corrected chi connectivity index (χ3v) is 11.2. The molecule has 9 nitrogen and oxygen atoms in total. The summed E-state index contributed by atoms with van der Waals surface area (Å²) in [6, 6.07) is 0. The number of Topliss-reactive ketones (excluding diaryl/α,β-unsaturated/α-hetero) is 1. The maximum atomic E-state index is 14.2. The molecular weight excluding hydrogens is 512 g/mol. The van der Waals surface area contributed by atoms with Gasteiger partial charge in [0.15, 0.2) is 0 Å². The number of ether oxygens (including phenoxy) is 2. The van der Waals surface area contributed by atoms with Gasteiger partial charge in [-0.15, -0.1) is 0 Å². The zero-order valence-electron chi connectivity index (χ0n) is 24.8. The molecule has 0 bridgehead atoms. The van der Waals surface area contributed by atoms with Gasteiger partial charge in [0.25, 0.3) is 0 Å². The number of nitrogens with one attached hydrogen (secondary N) is 1. The first-order chi connectivity index (χ1) is 19.2. The Kier molecular flexibility index (Phi) is 11.8. The summed E-state index contributed by atoms with van der Waals surface area (Å²) in [6.07, 6.45) is 8.22. The van der Waals surface area contributed by atoms with Crippen LogP contribution in [0, 0.1) is 29.1 Å². The molecule has 40 heavy (non-hydrogen) atoms. The Balaban J connectivity index is 1.48. The highest BCUT2D eigenvalue weighted by molar-refractivity contribution is 5.82. The number of aliphatic hydroxyl groups excluding tert-OH is 4. The first kappa shape index (κ1) is 32.3. The SMILES string of the molecule is COC1CC(CC[C@@H](O)[C@H](C(=O)CCC2CC(O)C(O)C(OC)C2)C2(C3CCNC(N)C3)CCCC2)CCC1O. The second-order valence-electron chi connectivity index (χ2n) is 13.5. The van der Waals surface area contributed by atoms with Gasteiger partial charge in [0, 0.05) is 26.6 Å². The van der Waals surface area contributed by atoms with Gasteiger partial charge in [-0.05, 0) is 107 Å². The molecule has 1 aliphatic heterocycles. The van der Waals surface area contributed by atoms with E-state index in [2.05, 4.69) is 5.32 Å². The molecule has 0 amide bonds. The molecule has 1 saturated heterocycles. The highest BCUT2D eigenvalue weighted by Crippen LogP contribution is 2.55. The van der Waals surface area contributed by atoms with Crippen LogP contribution in [0.4, 0.5) is 0 Å². The van der Waals surface area contributed by atoms with Crippen LogP contribution in [0.25, 0.3) is 0 Å². The van der Waals surface area contributed by atoms with Crippen molar-refractivity contribution in [2.75, 3.05) is 20.8 Å². The van der Waals surface area contributed by atoms with E-state index >= 15 is 0 Å². The maximum Gasteiger partial charge on any atom is 0.139 e. The second kappa shape index (κ2) is 14.7. The van der Waals surface area contributed by atoms with Gasteiger partial charge < -0.3 is 41.0 Å². The average Bonchev–Trinajstić information content (AvgIpc) is 3.44. The summed E-state index contributed by atoms with van der Waals surface area (Å²) in [6.45, 7) is 0.841. The summed E-state index contributed by atoms with van der Waals surface area (Å²) in [7, 11) is 3.20. The summed E-state index contributed by atoms with van der Waals surface area (Å²) in [5.74, 6) is 0.491. The Labute approximate surface area is 240 Å². The molecule has 4 fully saturated rings. The molecule has 1 heterocycles. The standard InChI is InChI=1S/C31H56N2O7/c1-39-26-16-19(5-8-22(26)34)6-9-23(35)29(31(12-3-4-13-31)21-11-14-33-28(32)18-21)24(36)10-7-20-15-25(37)30(38)27(17-20)40-2/h19-23,25-30,33-35,37-38H,3-18,32H2,1-2H3/t19?,20?,21?,22?,23-,25?,26?,27?,28?,29-,30?/m1/s1. The Hall–Kier alpha value is -0.650. The van der Waals surface area contributed by atoms with E-state index in [1.807, 2.05) is 0 Å². The highest BCUT2D eigenvalue weighted by Gasteiger charge is 2.53. The van der Waals surface area contributed by atoms with Crippen molar-refractivity contribution in [3.8, 4) is 0 Å². The highest BCUT2D eigenvalue weighted by atomic mass is 16.5. The van der Waals surface area contributed by atoms with E-state index in [4.69, 9.17) is 15.2 Å². The van der Waals surface area contributed by atoms with Crippen molar-refractivity contribution in [3.05, 3.63) is 0 Å². The van der Waals surface area contributed by atoms with Crippen molar-refractivity contribution in [3.63, 3.8) is 0 Å². The molecule has 9 heteroatoms. The maximum absolute atomic E-state index is 14.2. The Morgan fingerprint density at radius 3 is 2.30 bits per heavy atom. The molecule has 4 aliphatic rings. The third kappa shape index (κ3) is 7.46. The average molecular weight is 569 g/mol. The molecule has 7 N–H and O–H groups in total. The molecule has 0 aromatic rings. The largest absolute Gasteiger partial charge is 0.392 e. The van der Waals surface area contributed by atoms with Crippen molar-refractivity contribution in [1.82, 2.24) is 5.32 Å². The number of methoxy groups -OCH3 is 2. The van der Waals surface area contributed by atoms with Crippen molar-refractivity contribution >= 4 is 5.78 Å². The van der Waals surface area contributed by atoms with Crippen LogP contribution < -0.4 is 11.1 Å². The van der Waals surface area contributed by atoms with Crippen molar-refractivity contribution < 1.29 is 34.7 Å². The van der Waals surface area contributed by atoms with E-state index in [9.17, 15) is 25.2 Å². The molecule has 9 unspecified atom stereocenters. The number of piperidine rings is 1. The fourth-order valence-corrected chi connectivity index (χ4v) is 8.95. The summed E-state index contributed by atoms with van der Waals surface area (Å²) < 4.78 is 10.9. The van der Waals surface area contributed by atoms with E-state index in [-0.39, 0.29) is 29.4 Å². The van der Waals surface area contributed by atoms with E-state index in [1.54, 1.807) is 14.2 Å². The summed E-state index contributed by atoms with van der Waals surface area (Å²) in [5.41, 5.74) is 6.13. The normalized spacial score (nSPS) is 40.0. The summed E-state index contributed by atoms with van der Waals surface area (Å²) >= 11 is 0. The quantitative estimate of drug-likeness (QED) is 0.208. The van der Waals surface area contributed by atoms with Gasteiger partial charge in [-0.3, -0.25) is 4.79 Å². The third-order valence-electron chi connectivity index (χ3n) is 11.2. The Bertz CT molecular complexity index is 794. The van der Waals surface area contributed by atoms with Crippen LogP contribution in [0.2, 0.25) is 0 Å². The fraction of sp³-hybridized carbons (Fsp3) is 0.968. The number of aliphatic hydroxyl groups is 4. The van der Waals surface area contributed by atoms with Crippen LogP contribution in [0.15, 0.2) is 0 Å². The molecule has 0 spiro atoms. The van der Waals surface area contributed by atoms with Gasteiger partial charge in [0.1, 0.15) is 11.9 Å². The van der Waals surface area contributed by atoms with Gasteiger partial charge in [-0.25, -0.2) is 0 Å². The first-order valence-corrected chi connectivity index (χ1v) is 16.0. The summed E-state index contributed by atoms with van der Waals surface area (Å²) in [5, 5.41) is 46.1. The molecule has 11 atom stereocenters. The lowest BCUT2D eigenvalue weighted by Gasteiger charge is -2.48. The van der Waals surface area contributed by atoms with Crippen LogP contribution in [0.5, 0.6) is 0 Å². The Morgan fingerprint density at radius 1 is 0.925 bits per heavy atom. The molecular formula is C31H56N2O7. The van der Waals surface area contributed by atoms with Crippen LogP contribution >= 0.6 is 0 Å². The van der Waals surface area contributed by atoms with E-state index in [0.29, 0.717) is 50.4 Å². The van der Waals surface area contributed by atoms with E-state index < -0.39 is 36.4 Å². The number of rotatable bonds is 12. The lowest BCUT2D eigenvalue weighted by atomic mass is 9.58. The summed E-state index contributed by atoms with van der Waals surface area (Å²) in [4.78, 5) is 14.2. The topological polar surface area (TPSA) is 154 Å². The van der Waals surface area contributed by atoms with Crippen LogP contribution in [0.3, 0.4) is 0 Å². The zero-order chi connectivity index (χ0) is 28.9. The number of carbonyl (C=O) groups excluding carboxylic acids is 1. The molecule has 232 valence electrons. The van der Waals surface area contributed by atoms with E-state index in [1.165, 1.54) is 0 Å². The minimum atomic E-state index is -0.893. The molecule has 3 saturated carbocycles. The number of carbonyl (C=O) groups is 1. The van der Waals surface area contributed by atoms with Crippen LogP contribution in [-0.4, -0.2) is 89.8 Å². The lowest BCUT2D eigenvalue weighted by Crippen LogP contribution is -2.53. The fourth-order valence-electron chi connectivity index (χ4n) is 8.95. The smallest absolute Gasteiger partial charge is 0.139 e. The van der Waals surface area contributed by atoms with Gasteiger partial charge in [-0.2, -0.15) is 0 Å². The predicted octanol–water partition coefficient (Wildman–Crippen LogP) is 2.26. The van der Waals surface area contributed by atoms with E-state index in [0.717, 1.165) is 64.3 Å². The Morgan fingerprint density at radius 2 is 1.62 bits per heavy atom. The lowest BCUT2D eigenvalue weighted by molar-refractivity contribution is -0.139. The number of hydrogen-bond acceptors (Lipinski definition) is 9. The van der Waals surface area contributed by atoms with Crippen molar-refractivity contribution in [2.24, 2.45) is 34.8 Å². The van der Waals surface area contributed by atoms with Crippen LogP contribution in [0.1, 0.15) is 96.3 Å². The monoisotopic (exact) mass is 568 g/mol. The predicted molar refractivity (Wildman–Crippen MR) is 152 cm³/mol. The molecule has 3 aliphatic carbocycles. The van der Waals surface area contributed by atoms with Gasteiger partial charge >= 0.3 is 0 Å². The minimum absolute atomic E-state index is 0.0788. The molecule has 0 radical (unpaired) electrons. The van der Waals surface area contributed by atoms with Crippen molar-refractivity contribution in [2.45, 2.75) is 139 Å². The first-order valence-electron chi connectivity index (χ1n) is 16.0. The zero-order valence-corrected chi connectivity index (χ0v) is 24.8. The minimum Gasteiger partial charge on any atom is -0.392 e. The molecule has 0 aromatic heterocycles. The van der Waals surface area contributed by atoms with Gasteiger partial charge in [-0.1, -0.05) is 12.8 Å². The number of hydrogen-bond donors (Lipinski definition) is 6. The molecule has 4 rings (SSSR count). The van der Waals surface area contributed by atoms with Gasteiger partial charge in [0.05, 0.1) is 36.7 Å². The van der Waals surface area contributed by atoms with Crippen molar-refractivity contribution in [1.29, 1.82) is 0 Å². The molecule has 0 aromatic carbocycles. The number of ketones is 1.